The largest absolute Gasteiger partial charge is 0.451 e. The first-order valence-corrected chi connectivity index (χ1v) is 12.3. The van der Waals surface area contributed by atoms with Crippen molar-refractivity contribution in [3.63, 3.8) is 0 Å². The van der Waals surface area contributed by atoms with Crippen molar-refractivity contribution in [2.24, 2.45) is 0 Å². The molecule has 0 radical (unpaired) electrons. The van der Waals surface area contributed by atoms with Crippen molar-refractivity contribution in [2.45, 2.75) is 31.5 Å². The van der Waals surface area contributed by atoms with E-state index in [1.54, 1.807) is 24.3 Å². The van der Waals surface area contributed by atoms with E-state index in [4.69, 9.17) is 9.81 Å². The lowest BCUT2D eigenvalue weighted by Gasteiger charge is -2.26. The fourth-order valence-electron chi connectivity index (χ4n) is 3.61. The first-order chi connectivity index (χ1) is 16.5. The molecule has 1 aromatic heterocycles. The Bertz CT molecular complexity index is 1200. The fraction of sp³-hybridized carbons (Fsp3) is 0.429. The lowest BCUT2D eigenvalue weighted by molar-refractivity contribution is -0.144. The average molecular weight is 513 g/mol. The first-order valence-electron chi connectivity index (χ1n) is 10.6. The minimum Gasteiger partial charge on any atom is -0.369 e. The Kier molecular flexibility index (Phi) is 8.13. The van der Waals surface area contributed by atoms with Crippen LogP contribution in [0.2, 0.25) is 0 Å². The second kappa shape index (κ2) is 10.9. The van der Waals surface area contributed by atoms with Crippen molar-refractivity contribution >= 4 is 27.7 Å². The van der Waals surface area contributed by atoms with E-state index in [-0.39, 0.29) is 24.1 Å². The molecule has 1 amide bonds. The molecular weight excluding hydrogens is 489 g/mol. The summed E-state index contributed by atoms with van der Waals surface area (Å²) >= 11 is 0. The smallest absolute Gasteiger partial charge is 0.369 e. The summed E-state index contributed by atoms with van der Waals surface area (Å²) in [5.74, 6) is -2.91. The van der Waals surface area contributed by atoms with E-state index in [0.717, 1.165) is 5.56 Å². The third-order valence-corrected chi connectivity index (χ3v) is 6.00. The van der Waals surface area contributed by atoms with Gasteiger partial charge in [-0.2, -0.15) is 26.9 Å². The van der Waals surface area contributed by atoms with Crippen LogP contribution in [-0.4, -0.2) is 60.3 Å². The number of nitrogens with zero attached hydrogens (tertiary/aromatic N) is 4. The lowest BCUT2D eigenvalue weighted by Crippen LogP contribution is -2.44. The molecule has 3 N–H and O–H groups in total. The number of nitriles is 1. The Morgan fingerprint density at radius 3 is 2.57 bits per heavy atom. The van der Waals surface area contributed by atoms with Gasteiger partial charge in [0.05, 0.1) is 17.4 Å². The normalized spacial score (nSPS) is 16.1. The standard InChI is InChI=1S/C21H23F3N6O4S/c22-21(23,24)20-28-17(26-9-11-35(32,33)34)12-18(29-20)30-10-1-2-16(30)19(31)27-8-7-14-3-5-15(13-25)6-4-14/h3-6,12,16H,1-2,7-11H2,(H,27,31)(H,26,28,29)(H,32,33,34)/t16-/m0/s1. The molecule has 3 rings (SSSR count). The molecule has 35 heavy (non-hydrogen) atoms. The predicted octanol–water partition coefficient (Wildman–Crippen LogP) is 1.99. The number of carbonyl (C=O) groups is 1. The number of rotatable bonds is 9. The van der Waals surface area contributed by atoms with E-state index in [2.05, 4.69) is 20.6 Å². The number of nitrogens with one attached hydrogen (secondary N) is 2. The zero-order chi connectivity index (χ0) is 25.6. The quantitative estimate of drug-likeness (QED) is 0.429. The highest BCUT2D eigenvalue weighted by atomic mass is 32.2. The molecule has 14 heteroatoms. The van der Waals surface area contributed by atoms with Crippen molar-refractivity contribution in [3.8, 4) is 6.07 Å². The van der Waals surface area contributed by atoms with E-state index in [1.807, 2.05) is 6.07 Å². The van der Waals surface area contributed by atoms with Crippen molar-refractivity contribution in [1.82, 2.24) is 15.3 Å². The maximum absolute atomic E-state index is 13.4. The Morgan fingerprint density at radius 1 is 1.23 bits per heavy atom. The third-order valence-electron chi connectivity index (χ3n) is 5.28. The van der Waals surface area contributed by atoms with Crippen molar-refractivity contribution in [3.05, 3.63) is 47.3 Å². The second-order valence-electron chi connectivity index (χ2n) is 7.85. The highest BCUT2D eigenvalue weighted by molar-refractivity contribution is 7.85. The topological polar surface area (TPSA) is 148 Å². The molecule has 0 spiro atoms. The van der Waals surface area contributed by atoms with Crippen LogP contribution in [0.25, 0.3) is 0 Å². The van der Waals surface area contributed by atoms with Gasteiger partial charge in [0.1, 0.15) is 17.7 Å². The Morgan fingerprint density at radius 2 is 1.94 bits per heavy atom. The van der Waals surface area contributed by atoms with Crippen molar-refractivity contribution in [2.75, 3.05) is 35.6 Å². The fourth-order valence-corrected chi connectivity index (χ4v) is 3.97. The van der Waals surface area contributed by atoms with Gasteiger partial charge < -0.3 is 15.5 Å². The molecule has 2 heterocycles. The summed E-state index contributed by atoms with van der Waals surface area (Å²) < 4.78 is 70.7. The molecule has 0 bridgehead atoms. The van der Waals surface area contributed by atoms with Gasteiger partial charge in [-0.15, -0.1) is 0 Å². The maximum atomic E-state index is 13.4. The van der Waals surface area contributed by atoms with Gasteiger partial charge in [0.15, 0.2) is 0 Å². The third kappa shape index (κ3) is 7.52. The first kappa shape index (κ1) is 26.2. The molecule has 2 aromatic rings. The molecule has 1 saturated heterocycles. The van der Waals surface area contributed by atoms with Gasteiger partial charge in [-0.3, -0.25) is 9.35 Å². The summed E-state index contributed by atoms with van der Waals surface area (Å²) in [4.78, 5) is 21.2. The molecule has 1 aromatic carbocycles. The monoisotopic (exact) mass is 512 g/mol. The highest BCUT2D eigenvalue weighted by Gasteiger charge is 2.38. The predicted molar refractivity (Wildman–Crippen MR) is 120 cm³/mol. The summed E-state index contributed by atoms with van der Waals surface area (Å²) in [6.45, 7) is 0.230. The molecule has 1 fully saturated rings. The van der Waals surface area contributed by atoms with E-state index in [0.29, 0.717) is 37.9 Å². The van der Waals surface area contributed by atoms with Crippen LogP contribution in [0.3, 0.4) is 0 Å². The number of benzene rings is 1. The molecule has 10 nitrogen and oxygen atoms in total. The number of anilines is 2. The minimum absolute atomic E-state index is 0.119. The second-order valence-corrected chi connectivity index (χ2v) is 9.42. The molecule has 1 atom stereocenters. The van der Waals surface area contributed by atoms with Crippen LogP contribution < -0.4 is 15.5 Å². The van der Waals surface area contributed by atoms with Crippen molar-refractivity contribution < 1.29 is 30.9 Å². The summed E-state index contributed by atoms with van der Waals surface area (Å²) in [5, 5.41) is 14.1. The lowest BCUT2D eigenvalue weighted by atomic mass is 10.1. The van der Waals surface area contributed by atoms with Gasteiger partial charge in [-0.05, 0) is 37.0 Å². The van der Waals surface area contributed by atoms with Crippen molar-refractivity contribution in [1.29, 1.82) is 5.26 Å². The van der Waals surface area contributed by atoms with Gasteiger partial charge in [-0.1, -0.05) is 12.1 Å². The SMILES string of the molecule is N#Cc1ccc(CCNC(=O)[C@@H]2CCCN2c2cc(NCCS(=O)(=O)O)nc(C(F)(F)F)n2)cc1. The highest BCUT2D eigenvalue weighted by Crippen LogP contribution is 2.31. The van der Waals surface area contributed by atoms with E-state index < -0.39 is 33.9 Å². The van der Waals surface area contributed by atoms with Gasteiger partial charge >= 0.3 is 6.18 Å². The van der Waals surface area contributed by atoms with Crippen LogP contribution in [0, 0.1) is 11.3 Å². The summed E-state index contributed by atoms with van der Waals surface area (Å²) in [6, 6.07) is 9.40. The number of aromatic nitrogens is 2. The molecule has 1 aliphatic rings. The number of alkyl halides is 3. The Balaban J connectivity index is 1.70. The van der Waals surface area contributed by atoms with E-state index in [9.17, 15) is 26.4 Å². The van der Waals surface area contributed by atoms with E-state index in [1.165, 1.54) is 11.0 Å². The summed E-state index contributed by atoms with van der Waals surface area (Å²) in [7, 11) is -4.32. The van der Waals surface area contributed by atoms with E-state index >= 15 is 0 Å². The number of carbonyl (C=O) groups excluding carboxylic acids is 1. The maximum Gasteiger partial charge on any atom is 0.451 e. The van der Waals surface area contributed by atoms with Crippen LogP contribution in [0.1, 0.15) is 29.8 Å². The Labute approximate surface area is 199 Å². The van der Waals surface area contributed by atoms with Crippen LogP contribution in [0.5, 0.6) is 0 Å². The Hall–Kier alpha value is -3.44. The van der Waals surface area contributed by atoms with Crippen LogP contribution in [-0.2, 0) is 27.5 Å². The summed E-state index contributed by atoms with van der Waals surface area (Å²) in [5.41, 5.74) is 1.44. The van der Waals surface area contributed by atoms with Gasteiger partial charge in [0.2, 0.25) is 11.7 Å². The number of hydrogen-bond donors (Lipinski definition) is 3. The molecular formula is C21H23F3N6O4S. The van der Waals surface area contributed by atoms with Gasteiger partial charge in [0, 0.05) is 25.7 Å². The number of hydrogen-bond acceptors (Lipinski definition) is 8. The number of amides is 1. The van der Waals surface area contributed by atoms with Gasteiger partial charge in [-0.25, -0.2) is 9.97 Å². The van der Waals surface area contributed by atoms with Gasteiger partial charge in [0.25, 0.3) is 10.1 Å². The van der Waals surface area contributed by atoms with Crippen LogP contribution in [0.15, 0.2) is 30.3 Å². The summed E-state index contributed by atoms with van der Waals surface area (Å²) in [6.07, 6.45) is -3.38. The number of halogens is 3. The average Bonchev–Trinajstić information content (AvgIpc) is 3.28. The molecule has 0 unspecified atom stereocenters. The zero-order valence-electron chi connectivity index (χ0n) is 18.4. The molecule has 1 aliphatic heterocycles. The zero-order valence-corrected chi connectivity index (χ0v) is 19.2. The van der Waals surface area contributed by atoms with Crippen LogP contribution in [0.4, 0.5) is 24.8 Å². The molecule has 0 aliphatic carbocycles. The molecule has 0 saturated carbocycles. The van der Waals surface area contributed by atoms with Crippen LogP contribution >= 0.6 is 0 Å². The molecule has 188 valence electrons. The minimum atomic E-state index is -4.87.